The van der Waals surface area contributed by atoms with Crippen molar-refractivity contribution in [3.8, 4) is 5.75 Å². The summed E-state index contributed by atoms with van der Waals surface area (Å²) >= 11 is 0. The van der Waals surface area contributed by atoms with Gasteiger partial charge in [-0.3, -0.25) is 4.79 Å². The van der Waals surface area contributed by atoms with Gasteiger partial charge in [0.25, 0.3) is 5.91 Å². The average molecular weight is 259 g/mol. The zero-order valence-corrected chi connectivity index (χ0v) is 11.1. The molecular formula is C15H17NO3. The molecule has 0 fully saturated rings. The zero-order chi connectivity index (χ0) is 13.8. The Bertz CT molecular complexity index is 561. The molecule has 0 atom stereocenters. The van der Waals surface area contributed by atoms with Crippen molar-refractivity contribution in [3.63, 3.8) is 0 Å². The van der Waals surface area contributed by atoms with Crippen LogP contribution in [0.1, 0.15) is 28.6 Å². The number of aromatic hydroxyl groups is 1. The molecule has 0 spiro atoms. The Morgan fingerprint density at radius 3 is 2.74 bits per heavy atom. The quantitative estimate of drug-likeness (QED) is 0.918. The van der Waals surface area contributed by atoms with Crippen LogP contribution in [0.25, 0.3) is 0 Å². The monoisotopic (exact) mass is 259 g/mol. The molecule has 0 saturated heterocycles. The highest BCUT2D eigenvalue weighted by Crippen LogP contribution is 2.21. The van der Waals surface area contributed by atoms with E-state index >= 15 is 0 Å². The van der Waals surface area contributed by atoms with E-state index in [1.165, 1.54) is 0 Å². The number of benzene rings is 1. The number of carbonyl (C=O) groups is 1. The van der Waals surface area contributed by atoms with Crippen LogP contribution in [0, 0.1) is 6.92 Å². The van der Waals surface area contributed by atoms with Gasteiger partial charge in [-0.2, -0.15) is 0 Å². The second-order valence-corrected chi connectivity index (χ2v) is 4.35. The summed E-state index contributed by atoms with van der Waals surface area (Å²) in [5.41, 5.74) is 1.12. The van der Waals surface area contributed by atoms with E-state index in [1.807, 2.05) is 13.0 Å². The Morgan fingerprint density at radius 1 is 1.32 bits per heavy atom. The molecule has 0 aliphatic rings. The fourth-order valence-corrected chi connectivity index (χ4v) is 1.94. The van der Waals surface area contributed by atoms with E-state index in [9.17, 15) is 9.90 Å². The van der Waals surface area contributed by atoms with Crippen LogP contribution in [0.5, 0.6) is 5.75 Å². The SMILES string of the molecule is CCN(Cc1ccco1)C(=O)c1cccc(O)c1C. The number of phenolic OH excluding ortho intramolecular Hbond substituents is 1. The lowest BCUT2D eigenvalue weighted by Gasteiger charge is -2.20. The third-order valence-corrected chi connectivity index (χ3v) is 3.13. The molecule has 2 aromatic rings. The van der Waals surface area contributed by atoms with E-state index in [4.69, 9.17) is 4.42 Å². The second kappa shape index (κ2) is 5.61. The van der Waals surface area contributed by atoms with Crippen LogP contribution >= 0.6 is 0 Å². The van der Waals surface area contributed by atoms with Crippen molar-refractivity contribution in [3.05, 3.63) is 53.5 Å². The smallest absolute Gasteiger partial charge is 0.254 e. The van der Waals surface area contributed by atoms with Gasteiger partial charge in [-0.15, -0.1) is 0 Å². The molecule has 0 aliphatic heterocycles. The molecule has 100 valence electrons. The molecule has 4 nitrogen and oxygen atoms in total. The minimum absolute atomic E-state index is 0.104. The first-order valence-electron chi connectivity index (χ1n) is 6.23. The number of phenols is 1. The molecule has 0 aliphatic carbocycles. The fourth-order valence-electron chi connectivity index (χ4n) is 1.94. The van der Waals surface area contributed by atoms with Crippen LogP contribution < -0.4 is 0 Å². The lowest BCUT2D eigenvalue weighted by Crippen LogP contribution is -2.30. The molecule has 1 N–H and O–H groups in total. The topological polar surface area (TPSA) is 53.7 Å². The Hall–Kier alpha value is -2.23. The van der Waals surface area contributed by atoms with Gasteiger partial charge >= 0.3 is 0 Å². The summed E-state index contributed by atoms with van der Waals surface area (Å²) in [5.74, 6) is 0.778. The molecule has 0 unspecified atom stereocenters. The Labute approximate surface area is 112 Å². The summed E-state index contributed by atoms with van der Waals surface area (Å²) in [7, 11) is 0. The van der Waals surface area contributed by atoms with Gasteiger partial charge in [0.1, 0.15) is 11.5 Å². The summed E-state index contributed by atoms with van der Waals surface area (Å²) < 4.78 is 5.26. The normalized spacial score (nSPS) is 10.4. The number of nitrogens with zero attached hydrogens (tertiary/aromatic N) is 1. The first-order chi connectivity index (χ1) is 9.13. The number of carbonyl (C=O) groups excluding carboxylic acids is 1. The van der Waals surface area contributed by atoms with Gasteiger partial charge in [-0.05, 0) is 38.1 Å². The van der Waals surface area contributed by atoms with Crippen LogP contribution in [0.3, 0.4) is 0 Å². The summed E-state index contributed by atoms with van der Waals surface area (Å²) in [4.78, 5) is 14.1. The van der Waals surface area contributed by atoms with Gasteiger partial charge in [-0.25, -0.2) is 0 Å². The predicted octanol–water partition coefficient (Wildman–Crippen LogP) is 2.96. The van der Waals surface area contributed by atoms with Gasteiger partial charge in [0.05, 0.1) is 12.8 Å². The van der Waals surface area contributed by atoms with E-state index in [2.05, 4.69) is 0 Å². The van der Waals surface area contributed by atoms with Gasteiger partial charge in [-0.1, -0.05) is 6.07 Å². The first-order valence-corrected chi connectivity index (χ1v) is 6.23. The molecule has 1 heterocycles. The molecule has 2 rings (SSSR count). The third-order valence-electron chi connectivity index (χ3n) is 3.13. The Kier molecular flexibility index (Phi) is 3.90. The Morgan fingerprint density at radius 2 is 2.11 bits per heavy atom. The van der Waals surface area contributed by atoms with E-state index in [-0.39, 0.29) is 11.7 Å². The van der Waals surface area contributed by atoms with Crippen molar-refractivity contribution in [1.29, 1.82) is 0 Å². The second-order valence-electron chi connectivity index (χ2n) is 4.35. The highest BCUT2D eigenvalue weighted by Gasteiger charge is 2.18. The van der Waals surface area contributed by atoms with Crippen molar-refractivity contribution in [2.75, 3.05) is 6.54 Å². The maximum absolute atomic E-state index is 12.4. The molecular weight excluding hydrogens is 242 g/mol. The predicted molar refractivity (Wildman–Crippen MR) is 72.0 cm³/mol. The molecule has 1 amide bonds. The maximum atomic E-state index is 12.4. The zero-order valence-electron chi connectivity index (χ0n) is 11.1. The van der Waals surface area contributed by atoms with E-state index in [0.29, 0.717) is 24.2 Å². The minimum atomic E-state index is -0.104. The highest BCUT2D eigenvalue weighted by atomic mass is 16.3. The van der Waals surface area contributed by atoms with Gasteiger partial charge in [0.15, 0.2) is 0 Å². The summed E-state index contributed by atoms with van der Waals surface area (Å²) in [6, 6.07) is 8.62. The standard InChI is InChI=1S/C15H17NO3/c1-3-16(10-12-6-5-9-19-12)15(18)13-7-4-8-14(17)11(13)2/h4-9,17H,3,10H2,1-2H3. The summed E-state index contributed by atoms with van der Waals surface area (Å²) in [5, 5.41) is 9.67. The van der Waals surface area contributed by atoms with Gasteiger partial charge < -0.3 is 14.4 Å². The first kappa shape index (κ1) is 13.2. The number of hydrogen-bond donors (Lipinski definition) is 1. The number of hydrogen-bond acceptors (Lipinski definition) is 3. The van der Waals surface area contributed by atoms with Crippen LogP contribution in [0.4, 0.5) is 0 Å². The lowest BCUT2D eigenvalue weighted by atomic mass is 10.1. The maximum Gasteiger partial charge on any atom is 0.254 e. The van der Waals surface area contributed by atoms with Crippen LogP contribution in [-0.4, -0.2) is 22.5 Å². The van der Waals surface area contributed by atoms with E-state index in [0.717, 1.165) is 5.76 Å². The van der Waals surface area contributed by atoms with E-state index in [1.54, 1.807) is 42.4 Å². The molecule has 19 heavy (non-hydrogen) atoms. The van der Waals surface area contributed by atoms with Crippen molar-refractivity contribution in [1.82, 2.24) is 4.90 Å². The van der Waals surface area contributed by atoms with Crippen molar-refractivity contribution < 1.29 is 14.3 Å². The van der Waals surface area contributed by atoms with E-state index < -0.39 is 0 Å². The van der Waals surface area contributed by atoms with Crippen molar-refractivity contribution >= 4 is 5.91 Å². The molecule has 0 radical (unpaired) electrons. The van der Waals surface area contributed by atoms with Crippen molar-refractivity contribution in [2.45, 2.75) is 20.4 Å². The summed E-state index contributed by atoms with van der Waals surface area (Å²) in [6.45, 7) is 4.66. The molecule has 1 aromatic heterocycles. The lowest BCUT2D eigenvalue weighted by molar-refractivity contribution is 0.0740. The molecule has 1 aromatic carbocycles. The van der Waals surface area contributed by atoms with Crippen molar-refractivity contribution in [2.24, 2.45) is 0 Å². The molecule has 4 heteroatoms. The number of amides is 1. The van der Waals surface area contributed by atoms with Crippen LogP contribution in [0.15, 0.2) is 41.0 Å². The largest absolute Gasteiger partial charge is 0.508 e. The molecule has 0 saturated carbocycles. The van der Waals surface area contributed by atoms with Gasteiger partial charge in [0.2, 0.25) is 0 Å². The van der Waals surface area contributed by atoms with Crippen LogP contribution in [-0.2, 0) is 6.54 Å². The highest BCUT2D eigenvalue weighted by molar-refractivity contribution is 5.96. The number of rotatable bonds is 4. The average Bonchev–Trinajstić information content (AvgIpc) is 2.91. The number of furan rings is 1. The third kappa shape index (κ3) is 2.78. The summed E-state index contributed by atoms with van der Waals surface area (Å²) in [6.07, 6.45) is 1.59. The van der Waals surface area contributed by atoms with Gasteiger partial charge in [0, 0.05) is 17.7 Å². The minimum Gasteiger partial charge on any atom is -0.508 e. The fraction of sp³-hybridized carbons (Fsp3) is 0.267. The Balaban J connectivity index is 2.23. The van der Waals surface area contributed by atoms with Crippen LogP contribution in [0.2, 0.25) is 0 Å². The molecule has 0 bridgehead atoms.